The van der Waals surface area contributed by atoms with Crippen LogP contribution >= 0.6 is 11.8 Å². The lowest BCUT2D eigenvalue weighted by atomic mass is 9.74. The molecule has 2 unspecified atom stereocenters. The number of nitrogens with one attached hydrogen (secondary N) is 1. The summed E-state index contributed by atoms with van der Waals surface area (Å²) in [6, 6.07) is 0.335. The molecular weight excluding hydrogens is 232 g/mol. The van der Waals surface area contributed by atoms with Crippen molar-refractivity contribution in [1.82, 2.24) is 5.32 Å². The molecule has 1 fully saturated rings. The van der Waals surface area contributed by atoms with Gasteiger partial charge in [0.25, 0.3) is 0 Å². The van der Waals surface area contributed by atoms with Gasteiger partial charge in [0, 0.05) is 16.8 Å². The van der Waals surface area contributed by atoms with Gasteiger partial charge in [-0.2, -0.15) is 11.8 Å². The number of carbonyl (C=O) groups is 1. The number of carbonyl (C=O) groups excluding carboxylic acids is 1. The van der Waals surface area contributed by atoms with Crippen LogP contribution in [0.1, 0.15) is 47.0 Å². The molecule has 4 heteroatoms. The Morgan fingerprint density at radius 1 is 1.29 bits per heavy atom. The van der Waals surface area contributed by atoms with E-state index in [1.165, 1.54) is 6.42 Å². The second-order valence-electron chi connectivity index (χ2n) is 6.19. The molecule has 1 aliphatic rings. The maximum atomic E-state index is 12.3. The van der Waals surface area contributed by atoms with Crippen molar-refractivity contribution in [2.45, 2.75) is 63.8 Å². The van der Waals surface area contributed by atoms with E-state index in [0.717, 1.165) is 12.8 Å². The Hall–Kier alpha value is -0.220. The molecule has 0 spiro atoms. The Labute approximate surface area is 109 Å². The summed E-state index contributed by atoms with van der Waals surface area (Å²) in [6.07, 6.45) is 5.53. The van der Waals surface area contributed by atoms with Gasteiger partial charge in [-0.05, 0) is 53.2 Å². The average Bonchev–Trinajstić information content (AvgIpc) is 2.63. The predicted octanol–water partition coefficient (Wildman–Crippen LogP) is 2.15. The second kappa shape index (κ2) is 5.19. The first-order chi connectivity index (χ1) is 7.68. The van der Waals surface area contributed by atoms with E-state index in [1.54, 1.807) is 0 Å². The fourth-order valence-corrected chi connectivity index (χ4v) is 2.74. The van der Waals surface area contributed by atoms with Crippen molar-refractivity contribution in [1.29, 1.82) is 0 Å². The topological polar surface area (TPSA) is 55.1 Å². The summed E-state index contributed by atoms with van der Waals surface area (Å²) in [6.45, 7) is 7.66. The van der Waals surface area contributed by atoms with Crippen LogP contribution in [0, 0.1) is 5.41 Å². The zero-order chi connectivity index (χ0) is 13.3. The van der Waals surface area contributed by atoms with Gasteiger partial charge in [-0.25, -0.2) is 0 Å². The molecule has 1 saturated carbocycles. The van der Waals surface area contributed by atoms with Crippen LogP contribution < -0.4 is 11.1 Å². The van der Waals surface area contributed by atoms with Crippen LogP contribution in [0.4, 0.5) is 0 Å². The molecule has 0 aromatic rings. The zero-order valence-corrected chi connectivity index (χ0v) is 12.5. The zero-order valence-electron chi connectivity index (χ0n) is 11.7. The van der Waals surface area contributed by atoms with Gasteiger partial charge in [-0.15, -0.1) is 0 Å². The highest BCUT2D eigenvalue weighted by molar-refractivity contribution is 7.99. The first-order valence-corrected chi connectivity index (χ1v) is 7.60. The van der Waals surface area contributed by atoms with Crippen LogP contribution in [0.25, 0.3) is 0 Å². The third-order valence-corrected chi connectivity index (χ3v) is 5.33. The maximum Gasteiger partial charge on any atom is 0.227 e. The van der Waals surface area contributed by atoms with Gasteiger partial charge in [0.2, 0.25) is 5.91 Å². The van der Waals surface area contributed by atoms with Crippen LogP contribution in [0.3, 0.4) is 0 Å². The number of nitrogens with two attached hydrogens (primary N) is 1. The number of amides is 1. The lowest BCUT2D eigenvalue weighted by molar-refractivity contribution is -0.132. The molecule has 100 valence electrons. The molecule has 0 aromatic heterocycles. The lowest BCUT2D eigenvalue weighted by Gasteiger charge is -2.37. The Bertz CT molecular complexity index is 284. The van der Waals surface area contributed by atoms with E-state index in [4.69, 9.17) is 5.73 Å². The van der Waals surface area contributed by atoms with E-state index in [9.17, 15) is 4.79 Å². The Morgan fingerprint density at radius 2 is 1.88 bits per heavy atom. The summed E-state index contributed by atoms with van der Waals surface area (Å²) >= 11 is 1.90. The molecule has 1 aliphatic carbocycles. The van der Waals surface area contributed by atoms with E-state index in [1.807, 2.05) is 39.5 Å². The third-order valence-electron chi connectivity index (χ3n) is 4.23. The highest BCUT2D eigenvalue weighted by Crippen LogP contribution is 2.31. The summed E-state index contributed by atoms with van der Waals surface area (Å²) in [5.41, 5.74) is 5.03. The molecular formula is C13H26N2OS. The van der Waals surface area contributed by atoms with Gasteiger partial charge in [0.15, 0.2) is 0 Å². The summed E-state index contributed by atoms with van der Waals surface area (Å²) in [5.74, 6) is 0.0803. The van der Waals surface area contributed by atoms with E-state index in [-0.39, 0.29) is 5.91 Å². The van der Waals surface area contributed by atoms with Crippen LogP contribution in [0.5, 0.6) is 0 Å². The highest BCUT2D eigenvalue weighted by atomic mass is 32.2. The highest BCUT2D eigenvalue weighted by Gasteiger charge is 2.41. The molecule has 0 aromatic carbocycles. The van der Waals surface area contributed by atoms with Gasteiger partial charge in [0.05, 0.1) is 5.41 Å². The second-order valence-corrected chi connectivity index (χ2v) is 7.33. The van der Waals surface area contributed by atoms with E-state index in [2.05, 4.69) is 11.6 Å². The largest absolute Gasteiger partial charge is 0.353 e. The molecule has 1 amide bonds. The number of hydrogen-bond donors (Lipinski definition) is 2. The maximum absolute atomic E-state index is 12.3. The van der Waals surface area contributed by atoms with Gasteiger partial charge < -0.3 is 11.1 Å². The van der Waals surface area contributed by atoms with Gasteiger partial charge in [-0.1, -0.05) is 0 Å². The molecule has 0 bridgehead atoms. The minimum absolute atomic E-state index is 0.0803. The summed E-state index contributed by atoms with van der Waals surface area (Å²) < 4.78 is 0. The molecule has 0 radical (unpaired) electrons. The Kier molecular flexibility index (Phi) is 4.53. The first-order valence-electron chi connectivity index (χ1n) is 6.31. The Morgan fingerprint density at radius 3 is 2.29 bits per heavy atom. The lowest BCUT2D eigenvalue weighted by Crippen LogP contribution is -2.56. The van der Waals surface area contributed by atoms with Crippen LogP contribution in [0.15, 0.2) is 0 Å². The minimum Gasteiger partial charge on any atom is -0.353 e. The van der Waals surface area contributed by atoms with Gasteiger partial charge in [-0.3, -0.25) is 4.79 Å². The summed E-state index contributed by atoms with van der Waals surface area (Å²) in [4.78, 5) is 12.3. The third kappa shape index (κ3) is 3.38. The van der Waals surface area contributed by atoms with E-state index in [0.29, 0.717) is 11.3 Å². The van der Waals surface area contributed by atoms with Crippen LogP contribution in [-0.4, -0.2) is 29.0 Å². The number of rotatable bonds is 4. The van der Waals surface area contributed by atoms with Crippen molar-refractivity contribution in [3.8, 4) is 0 Å². The molecule has 3 nitrogen and oxygen atoms in total. The van der Waals surface area contributed by atoms with Crippen molar-refractivity contribution in [2.75, 3.05) is 6.26 Å². The normalized spacial score (nSPS) is 26.0. The summed E-state index contributed by atoms with van der Waals surface area (Å²) in [7, 11) is 0. The fraction of sp³-hybridized carbons (Fsp3) is 0.923. The van der Waals surface area contributed by atoms with Crippen molar-refractivity contribution in [3.05, 3.63) is 0 Å². The molecule has 2 atom stereocenters. The molecule has 17 heavy (non-hydrogen) atoms. The number of hydrogen-bond acceptors (Lipinski definition) is 3. The van der Waals surface area contributed by atoms with Crippen molar-refractivity contribution < 1.29 is 4.79 Å². The molecule has 0 saturated heterocycles. The van der Waals surface area contributed by atoms with Gasteiger partial charge >= 0.3 is 0 Å². The van der Waals surface area contributed by atoms with Crippen molar-refractivity contribution in [2.24, 2.45) is 11.1 Å². The number of thioether (sulfide) groups is 1. The fourth-order valence-electron chi connectivity index (χ4n) is 1.94. The monoisotopic (exact) mass is 258 g/mol. The van der Waals surface area contributed by atoms with Crippen molar-refractivity contribution >= 4 is 17.7 Å². The van der Waals surface area contributed by atoms with Crippen LogP contribution in [-0.2, 0) is 4.79 Å². The molecule has 0 aliphatic heterocycles. The van der Waals surface area contributed by atoms with E-state index >= 15 is 0 Å². The van der Waals surface area contributed by atoms with E-state index < -0.39 is 11.0 Å². The minimum atomic E-state index is -0.537. The predicted molar refractivity (Wildman–Crippen MR) is 75.1 cm³/mol. The van der Waals surface area contributed by atoms with Crippen molar-refractivity contribution in [3.63, 3.8) is 0 Å². The average molecular weight is 258 g/mol. The first kappa shape index (κ1) is 14.8. The smallest absolute Gasteiger partial charge is 0.227 e. The molecule has 3 N–H and O–H groups in total. The van der Waals surface area contributed by atoms with Crippen LogP contribution in [0.2, 0.25) is 0 Å². The Balaban J connectivity index is 2.56. The standard InChI is InChI=1S/C13H26N2OS/c1-12(2,13(3,4)14)11(16)15-9-6-7-10(8-9)17-5/h9-10H,6-8,14H2,1-5H3,(H,15,16). The SMILES string of the molecule is CSC1CCC(NC(=O)C(C)(C)C(C)(C)N)C1. The quantitative estimate of drug-likeness (QED) is 0.812. The van der Waals surface area contributed by atoms with Gasteiger partial charge in [0.1, 0.15) is 0 Å². The summed E-state index contributed by atoms with van der Waals surface area (Å²) in [5, 5.41) is 3.86. The molecule has 0 heterocycles. The molecule has 1 rings (SSSR count).